The van der Waals surface area contributed by atoms with Gasteiger partial charge in [0, 0.05) is 12.0 Å². The van der Waals surface area contributed by atoms with E-state index in [1.54, 1.807) is 0 Å². The molecule has 2 fully saturated rings. The molecule has 0 bridgehead atoms. The molecular formula is C11H21NO. The molecule has 0 heterocycles. The molecule has 0 amide bonds. The summed E-state index contributed by atoms with van der Waals surface area (Å²) in [7, 11) is 0. The highest BCUT2D eigenvalue weighted by atomic mass is 16.3. The molecule has 2 heteroatoms. The molecule has 13 heavy (non-hydrogen) atoms. The van der Waals surface area contributed by atoms with Crippen LogP contribution in [0.2, 0.25) is 0 Å². The standard InChI is InChI=1S/C11H21NO/c12-9-10(7-8-10)11(13)5-3-1-2-4-6-11/h13H,1-9,12H2. The number of hydrogen-bond donors (Lipinski definition) is 2. The van der Waals surface area contributed by atoms with Gasteiger partial charge in [-0.3, -0.25) is 0 Å². The molecule has 3 N–H and O–H groups in total. The molecule has 2 aliphatic carbocycles. The summed E-state index contributed by atoms with van der Waals surface area (Å²) in [6, 6.07) is 0. The van der Waals surface area contributed by atoms with Gasteiger partial charge in [-0.1, -0.05) is 25.7 Å². The van der Waals surface area contributed by atoms with Crippen LogP contribution < -0.4 is 5.73 Å². The monoisotopic (exact) mass is 183 g/mol. The van der Waals surface area contributed by atoms with Gasteiger partial charge >= 0.3 is 0 Å². The molecule has 0 aromatic heterocycles. The Kier molecular flexibility index (Phi) is 2.37. The van der Waals surface area contributed by atoms with E-state index in [9.17, 15) is 5.11 Å². The maximum Gasteiger partial charge on any atom is 0.0715 e. The van der Waals surface area contributed by atoms with Crippen molar-refractivity contribution in [2.45, 2.75) is 57.0 Å². The van der Waals surface area contributed by atoms with Gasteiger partial charge in [0.05, 0.1) is 5.60 Å². The lowest BCUT2D eigenvalue weighted by Gasteiger charge is -2.35. The fraction of sp³-hybridized carbons (Fsp3) is 1.00. The summed E-state index contributed by atoms with van der Waals surface area (Å²) in [5.41, 5.74) is 5.49. The first-order chi connectivity index (χ1) is 6.22. The topological polar surface area (TPSA) is 46.2 Å². The Morgan fingerprint density at radius 3 is 1.85 bits per heavy atom. The quantitative estimate of drug-likeness (QED) is 0.641. The Labute approximate surface area is 80.5 Å². The van der Waals surface area contributed by atoms with E-state index in [1.165, 1.54) is 25.7 Å². The van der Waals surface area contributed by atoms with E-state index >= 15 is 0 Å². The van der Waals surface area contributed by atoms with Crippen molar-refractivity contribution in [2.75, 3.05) is 6.54 Å². The van der Waals surface area contributed by atoms with Gasteiger partial charge in [0.25, 0.3) is 0 Å². The lowest BCUT2D eigenvalue weighted by molar-refractivity contribution is -0.0423. The SMILES string of the molecule is NCC1(C2(O)CCCCCC2)CC1. The van der Waals surface area contributed by atoms with Gasteiger partial charge in [-0.05, 0) is 25.7 Å². The fourth-order valence-corrected chi connectivity index (χ4v) is 2.85. The summed E-state index contributed by atoms with van der Waals surface area (Å²) in [5, 5.41) is 10.6. The normalized spacial score (nSPS) is 30.9. The first-order valence-electron chi connectivity index (χ1n) is 5.65. The number of aliphatic hydroxyl groups is 1. The van der Waals surface area contributed by atoms with Gasteiger partial charge in [0.1, 0.15) is 0 Å². The van der Waals surface area contributed by atoms with Crippen LogP contribution in [0.1, 0.15) is 51.4 Å². The van der Waals surface area contributed by atoms with Crippen LogP contribution in [0.5, 0.6) is 0 Å². The van der Waals surface area contributed by atoms with Crippen molar-refractivity contribution in [2.24, 2.45) is 11.1 Å². The second-order valence-corrected chi connectivity index (χ2v) is 4.93. The third kappa shape index (κ3) is 1.50. The number of hydrogen-bond acceptors (Lipinski definition) is 2. The van der Waals surface area contributed by atoms with Crippen LogP contribution in [-0.2, 0) is 0 Å². The van der Waals surface area contributed by atoms with Crippen LogP contribution >= 0.6 is 0 Å². The Hall–Kier alpha value is -0.0800. The van der Waals surface area contributed by atoms with Crippen molar-refractivity contribution in [1.82, 2.24) is 0 Å². The van der Waals surface area contributed by atoms with Crippen LogP contribution in [0.15, 0.2) is 0 Å². The van der Waals surface area contributed by atoms with Crippen LogP contribution in [0.3, 0.4) is 0 Å². The summed E-state index contributed by atoms with van der Waals surface area (Å²) in [6.07, 6.45) is 9.26. The lowest BCUT2D eigenvalue weighted by atomic mass is 9.78. The van der Waals surface area contributed by atoms with Crippen LogP contribution in [0.25, 0.3) is 0 Å². The molecule has 0 aromatic rings. The Balaban J connectivity index is 2.08. The maximum absolute atomic E-state index is 10.6. The molecular weight excluding hydrogens is 162 g/mol. The van der Waals surface area contributed by atoms with E-state index < -0.39 is 5.60 Å². The molecule has 2 aliphatic rings. The van der Waals surface area contributed by atoms with Gasteiger partial charge in [-0.2, -0.15) is 0 Å². The zero-order valence-corrected chi connectivity index (χ0v) is 8.39. The molecule has 2 nitrogen and oxygen atoms in total. The van der Waals surface area contributed by atoms with Gasteiger partial charge in [-0.15, -0.1) is 0 Å². The van der Waals surface area contributed by atoms with Crippen LogP contribution in [-0.4, -0.2) is 17.3 Å². The predicted octanol–water partition coefficient (Wildman–Crippen LogP) is 1.81. The third-order valence-electron chi connectivity index (χ3n) is 4.16. The predicted molar refractivity (Wildman–Crippen MR) is 53.4 cm³/mol. The van der Waals surface area contributed by atoms with Crippen molar-refractivity contribution in [3.05, 3.63) is 0 Å². The van der Waals surface area contributed by atoms with E-state index in [2.05, 4.69) is 0 Å². The fourth-order valence-electron chi connectivity index (χ4n) is 2.85. The molecule has 0 aromatic carbocycles. The molecule has 0 aliphatic heterocycles. The second kappa shape index (κ2) is 3.25. The van der Waals surface area contributed by atoms with Crippen LogP contribution in [0, 0.1) is 5.41 Å². The summed E-state index contributed by atoms with van der Waals surface area (Å²) >= 11 is 0. The van der Waals surface area contributed by atoms with Crippen molar-refractivity contribution < 1.29 is 5.11 Å². The minimum absolute atomic E-state index is 0.122. The van der Waals surface area contributed by atoms with Gasteiger partial charge in [0.15, 0.2) is 0 Å². The average Bonchev–Trinajstić information content (AvgIpc) is 2.89. The minimum atomic E-state index is -0.405. The van der Waals surface area contributed by atoms with Crippen LogP contribution in [0.4, 0.5) is 0 Å². The summed E-state index contributed by atoms with van der Waals surface area (Å²) in [6.45, 7) is 0.684. The van der Waals surface area contributed by atoms with Crippen molar-refractivity contribution in [1.29, 1.82) is 0 Å². The van der Waals surface area contributed by atoms with E-state index in [0.717, 1.165) is 25.7 Å². The highest BCUT2D eigenvalue weighted by molar-refractivity contribution is 5.09. The molecule has 0 atom stereocenters. The molecule has 0 spiro atoms. The second-order valence-electron chi connectivity index (χ2n) is 4.93. The molecule has 2 rings (SSSR count). The van der Waals surface area contributed by atoms with Crippen molar-refractivity contribution in [3.8, 4) is 0 Å². The Morgan fingerprint density at radius 1 is 0.923 bits per heavy atom. The van der Waals surface area contributed by atoms with Gasteiger partial charge in [0.2, 0.25) is 0 Å². The Bertz CT molecular complexity index is 179. The first kappa shape index (κ1) is 9.47. The third-order valence-corrected chi connectivity index (χ3v) is 4.16. The lowest BCUT2D eigenvalue weighted by Crippen LogP contribution is -2.43. The molecule has 0 saturated heterocycles. The first-order valence-corrected chi connectivity index (χ1v) is 5.65. The number of rotatable bonds is 2. The summed E-state index contributed by atoms with van der Waals surface area (Å²) < 4.78 is 0. The van der Waals surface area contributed by atoms with Gasteiger partial charge < -0.3 is 10.8 Å². The molecule has 76 valence electrons. The highest BCUT2D eigenvalue weighted by Gasteiger charge is 2.56. The average molecular weight is 183 g/mol. The number of nitrogens with two attached hydrogens (primary N) is 1. The molecule has 2 saturated carbocycles. The van der Waals surface area contributed by atoms with E-state index in [-0.39, 0.29) is 5.41 Å². The largest absolute Gasteiger partial charge is 0.389 e. The van der Waals surface area contributed by atoms with Crippen molar-refractivity contribution in [3.63, 3.8) is 0 Å². The maximum atomic E-state index is 10.6. The van der Waals surface area contributed by atoms with Gasteiger partial charge in [-0.25, -0.2) is 0 Å². The molecule has 0 unspecified atom stereocenters. The minimum Gasteiger partial charge on any atom is -0.389 e. The Morgan fingerprint density at radius 2 is 1.46 bits per heavy atom. The van der Waals surface area contributed by atoms with E-state index in [4.69, 9.17) is 5.73 Å². The smallest absolute Gasteiger partial charge is 0.0715 e. The highest BCUT2D eigenvalue weighted by Crippen LogP contribution is 2.57. The molecule has 0 radical (unpaired) electrons. The zero-order chi connectivity index (χ0) is 9.36. The summed E-state index contributed by atoms with van der Waals surface area (Å²) in [4.78, 5) is 0. The van der Waals surface area contributed by atoms with E-state index in [0.29, 0.717) is 6.54 Å². The summed E-state index contributed by atoms with van der Waals surface area (Å²) in [5.74, 6) is 0. The van der Waals surface area contributed by atoms with E-state index in [1.807, 2.05) is 0 Å². The zero-order valence-electron chi connectivity index (χ0n) is 8.39. The van der Waals surface area contributed by atoms with Crippen molar-refractivity contribution >= 4 is 0 Å².